The lowest BCUT2D eigenvalue weighted by Crippen LogP contribution is -2.36. The Morgan fingerprint density at radius 1 is 1.45 bits per heavy atom. The first-order valence-electron chi connectivity index (χ1n) is 6.84. The third-order valence-corrected chi connectivity index (χ3v) is 3.79. The van der Waals surface area contributed by atoms with Gasteiger partial charge in [0.1, 0.15) is 5.69 Å². The van der Waals surface area contributed by atoms with Crippen molar-refractivity contribution in [3.05, 3.63) is 41.1 Å². The van der Waals surface area contributed by atoms with Gasteiger partial charge < -0.3 is 14.7 Å². The maximum Gasteiger partial charge on any atom is 0.290 e. The third kappa shape index (κ3) is 3.05. The standard InChI is InChI=1S/C15H13ClN4O2/c16-11-3-1-10(2-4-11)13-7-14(22-19-13)15(21)18-12-5-6-20(8-12)9-17/h1-4,7,12H,5-6,8H2,(H,18,21)/t12-/m1/s1. The number of hydrogen-bond donors (Lipinski definition) is 1. The summed E-state index contributed by atoms with van der Waals surface area (Å²) in [4.78, 5) is 13.7. The summed E-state index contributed by atoms with van der Waals surface area (Å²) in [6.45, 7) is 1.19. The van der Waals surface area contributed by atoms with Gasteiger partial charge in [-0.2, -0.15) is 5.26 Å². The van der Waals surface area contributed by atoms with E-state index in [0.29, 0.717) is 23.8 Å². The summed E-state index contributed by atoms with van der Waals surface area (Å²) in [7, 11) is 0. The molecule has 0 radical (unpaired) electrons. The summed E-state index contributed by atoms with van der Waals surface area (Å²) in [5.74, 6) is -0.169. The number of rotatable bonds is 3. The number of hydrogen-bond acceptors (Lipinski definition) is 5. The molecule has 0 unspecified atom stereocenters. The second-order valence-corrected chi connectivity index (χ2v) is 5.52. The zero-order valence-electron chi connectivity index (χ0n) is 11.6. The van der Waals surface area contributed by atoms with Crippen LogP contribution in [0.5, 0.6) is 0 Å². The number of benzene rings is 1. The summed E-state index contributed by atoms with van der Waals surface area (Å²) >= 11 is 5.84. The molecule has 6 nitrogen and oxygen atoms in total. The van der Waals surface area contributed by atoms with Gasteiger partial charge in [0, 0.05) is 35.8 Å². The summed E-state index contributed by atoms with van der Waals surface area (Å²) in [5.41, 5.74) is 1.40. The highest BCUT2D eigenvalue weighted by molar-refractivity contribution is 6.30. The molecule has 1 aliphatic heterocycles. The zero-order chi connectivity index (χ0) is 15.5. The minimum Gasteiger partial charge on any atom is -0.350 e. The maximum atomic E-state index is 12.1. The van der Waals surface area contributed by atoms with Crippen molar-refractivity contribution in [1.29, 1.82) is 5.26 Å². The highest BCUT2D eigenvalue weighted by Crippen LogP contribution is 2.21. The smallest absolute Gasteiger partial charge is 0.290 e. The van der Waals surface area contributed by atoms with Crippen LogP contribution in [0.1, 0.15) is 17.0 Å². The molecule has 1 atom stereocenters. The van der Waals surface area contributed by atoms with Gasteiger partial charge >= 0.3 is 0 Å². The van der Waals surface area contributed by atoms with Gasteiger partial charge in [-0.25, -0.2) is 0 Å². The third-order valence-electron chi connectivity index (χ3n) is 3.54. The number of likely N-dealkylation sites (tertiary alicyclic amines) is 1. The molecule has 0 spiro atoms. The van der Waals surface area contributed by atoms with E-state index < -0.39 is 0 Å². The van der Waals surface area contributed by atoms with Gasteiger partial charge in [0.05, 0.1) is 0 Å². The molecule has 0 bridgehead atoms. The number of nitriles is 1. The Balaban J connectivity index is 1.67. The molecule has 2 aromatic rings. The number of aromatic nitrogens is 1. The van der Waals surface area contributed by atoms with Crippen molar-refractivity contribution < 1.29 is 9.32 Å². The fourth-order valence-electron chi connectivity index (χ4n) is 2.36. The first-order chi connectivity index (χ1) is 10.7. The predicted molar refractivity (Wildman–Crippen MR) is 80.0 cm³/mol. The molecular weight excluding hydrogens is 304 g/mol. The van der Waals surface area contributed by atoms with Crippen LogP contribution in [0.15, 0.2) is 34.9 Å². The number of nitrogens with zero attached hydrogens (tertiary/aromatic N) is 3. The Labute approximate surface area is 132 Å². The highest BCUT2D eigenvalue weighted by Gasteiger charge is 2.25. The Hall–Kier alpha value is -2.52. The quantitative estimate of drug-likeness (QED) is 0.878. The molecule has 112 valence electrons. The molecule has 0 aliphatic carbocycles. The SMILES string of the molecule is N#CN1CC[C@@H](NC(=O)c2cc(-c3ccc(Cl)cc3)no2)C1. The van der Waals surface area contributed by atoms with Crippen molar-refractivity contribution >= 4 is 17.5 Å². The van der Waals surface area contributed by atoms with Crippen LogP contribution in [-0.2, 0) is 0 Å². The molecule has 1 N–H and O–H groups in total. The van der Waals surface area contributed by atoms with Crippen LogP contribution in [0.3, 0.4) is 0 Å². The summed E-state index contributed by atoms with van der Waals surface area (Å²) in [6.07, 6.45) is 2.82. The normalized spacial score (nSPS) is 17.3. The van der Waals surface area contributed by atoms with Crippen LogP contribution < -0.4 is 5.32 Å². The monoisotopic (exact) mass is 316 g/mol. The molecule has 1 aromatic carbocycles. The molecule has 3 rings (SSSR count). The van der Waals surface area contributed by atoms with Crippen molar-refractivity contribution in [3.8, 4) is 17.5 Å². The largest absolute Gasteiger partial charge is 0.350 e. The number of carbonyl (C=O) groups is 1. The molecule has 1 fully saturated rings. The highest BCUT2D eigenvalue weighted by atomic mass is 35.5. The summed E-state index contributed by atoms with van der Waals surface area (Å²) < 4.78 is 5.10. The van der Waals surface area contributed by atoms with Crippen molar-refractivity contribution in [2.45, 2.75) is 12.5 Å². The van der Waals surface area contributed by atoms with Gasteiger partial charge in [-0.05, 0) is 18.6 Å². The van der Waals surface area contributed by atoms with Crippen molar-refractivity contribution in [1.82, 2.24) is 15.4 Å². The van der Waals surface area contributed by atoms with E-state index >= 15 is 0 Å². The lowest BCUT2D eigenvalue weighted by molar-refractivity contribution is 0.0901. The van der Waals surface area contributed by atoms with Gasteiger partial charge in [0.2, 0.25) is 5.76 Å². The first kappa shape index (κ1) is 14.4. The minimum absolute atomic E-state index is 0.0452. The lowest BCUT2D eigenvalue weighted by atomic mass is 10.1. The van der Waals surface area contributed by atoms with E-state index in [9.17, 15) is 4.79 Å². The summed E-state index contributed by atoms with van der Waals surface area (Å²) in [6, 6.07) is 8.67. The molecule has 1 aromatic heterocycles. The van der Waals surface area contributed by atoms with Crippen molar-refractivity contribution in [2.24, 2.45) is 0 Å². The Kier molecular flexibility index (Phi) is 3.98. The van der Waals surface area contributed by atoms with Gasteiger partial charge in [0.25, 0.3) is 5.91 Å². The van der Waals surface area contributed by atoms with Crippen molar-refractivity contribution in [3.63, 3.8) is 0 Å². The Bertz CT molecular complexity index is 720. The fourth-order valence-corrected chi connectivity index (χ4v) is 2.49. The molecular formula is C15H13ClN4O2. The molecule has 2 heterocycles. The Morgan fingerprint density at radius 2 is 2.23 bits per heavy atom. The predicted octanol–water partition coefficient (Wildman–Crippen LogP) is 2.28. The number of halogens is 1. The van der Waals surface area contributed by atoms with E-state index in [2.05, 4.69) is 16.7 Å². The van der Waals surface area contributed by atoms with Crippen molar-refractivity contribution in [2.75, 3.05) is 13.1 Å². The summed E-state index contributed by atoms with van der Waals surface area (Å²) in [5, 5.41) is 16.2. The van der Waals surface area contributed by atoms with E-state index in [-0.39, 0.29) is 17.7 Å². The first-order valence-corrected chi connectivity index (χ1v) is 7.21. The molecule has 1 amide bonds. The van der Waals surface area contributed by atoms with Crippen LogP contribution in [-0.4, -0.2) is 35.1 Å². The average molecular weight is 317 g/mol. The van der Waals surface area contributed by atoms with Crippen LogP contribution in [0.4, 0.5) is 0 Å². The van der Waals surface area contributed by atoms with E-state index in [1.54, 1.807) is 23.1 Å². The van der Waals surface area contributed by atoms with E-state index in [0.717, 1.165) is 12.0 Å². The van der Waals surface area contributed by atoms with Crippen LogP contribution in [0.25, 0.3) is 11.3 Å². The molecule has 1 aliphatic rings. The van der Waals surface area contributed by atoms with Crippen LogP contribution in [0, 0.1) is 11.5 Å². The fraction of sp³-hybridized carbons (Fsp3) is 0.267. The molecule has 22 heavy (non-hydrogen) atoms. The molecule has 0 saturated carbocycles. The number of carbonyl (C=O) groups excluding carboxylic acids is 1. The number of amides is 1. The minimum atomic E-state index is -0.322. The topological polar surface area (TPSA) is 82.2 Å². The second-order valence-electron chi connectivity index (χ2n) is 5.09. The maximum absolute atomic E-state index is 12.1. The van der Waals surface area contributed by atoms with Gasteiger partial charge in [-0.3, -0.25) is 4.79 Å². The van der Waals surface area contributed by atoms with E-state index in [1.807, 2.05) is 12.1 Å². The zero-order valence-corrected chi connectivity index (χ0v) is 12.4. The Morgan fingerprint density at radius 3 is 2.91 bits per heavy atom. The lowest BCUT2D eigenvalue weighted by Gasteiger charge is -2.10. The van der Waals surface area contributed by atoms with Gasteiger partial charge in [0.15, 0.2) is 6.19 Å². The van der Waals surface area contributed by atoms with E-state index in [4.69, 9.17) is 21.4 Å². The average Bonchev–Trinajstić information content (AvgIpc) is 3.17. The van der Waals surface area contributed by atoms with Crippen LogP contribution >= 0.6 is 11.6 Å². The van der Waals surface area contributed by atoms with Gasteiger partial charge in [-0.15, -0.1) is 0 Å². The second kappa shape index (κ2) is 6.08. The molecule has 7 heteroatoms. The van der Waals surface area contributed by atoms with Gasteiger partial charge in [-0.1, -0.05) is 28.9 Å². The van der Waals surface area contributed by atoms with Crippen LogP contribution in [0.2, 0.25) is 5.02 Å². The number of nitrogens with one attached hydrogen (secondary N) is 1. The van der Waals surface area contributed by atoms with E-state index in [1.165, 1.54) is 0 Å². The molecule has 1 saturated heterocycles.